The molecule has 134 valence electrons. The van der Waals surface area contributed by atoms with E-state index in [4.69, 9.17) is 0 Å². The third-order valence-electron chi connectivity index (χ3n) is 4.74. The summed E-state index contributed by atoms with van der Waals surface area (Å²) in [6.45, 7) is 0. The zero-order valence-electron chi connectivity index (χ0n) is 14.8. The van der Waals surface area contributed by atoms with Crippen LogP contribution >= 0.6 is 23.9 Å². The van der Waals surface area contributed by atoms with Crippen molar-refractivity contribution < 1.29 is 5.11 Å². The van der Waals surface area contributed by atoms with Gasteiger partial charge in [0.1, 0.15) is 6.10 Å². The zero-order chi connectivity index (χ0) is 18.6. The molecule has 0 aliphatic heterocycles. The molecule has 1 aliphatic rings. The Balaban J connectivity index is 1.86. The first-order valence-electron chi connectivity index (χ1n) is 8.98. The number of halogens is 1. The second-order valence-corrected chi connectivity index (χ2v) is 9.49. The number of hydrogen-bond donors (Lipinski definition) is 1. The van der Waals surface area contributed by atoms with Crippen LogP contribution in [0, 0.1) is 0 Å². The molecule has 0 aromatic heterocycles. The lowest BCUT2D eigenvalue weighted by Crippen LogP contribution is -2.25. The molecule has 0 amide bonds. The molecule has 0 radical (unpaired) electrons. The fourth-order valence-corrected chi connectivity index (χ4v) is 6.48. The van der Waals surface area contributed by atoms with Crippen LogP contribution in [-0.2, 0) is 0 Å². The molecule has 3 heteroatoms. The Bertz CT molecular complexity index is 940. The predicted molar refractivity (Wildman–Crippen MR) is 120 cm³/mol. The van der Waals surface area contributed by atoms with Crippen LogP contribution in [0.4, 0.5) is 0 Å². The second-order valence-electron chi connectivity index (χ2n) is 6.45. The Morgan fingerprint density at radius 3 is 1.89 bits per heavy atom. The van der Waals surface area contributed by atoms with Crippen molar-refractivity contribution in [2.45, 2.75) is 12.5 Å². The summed E-state index contributed by atoms with van der Waals surface area (Å²) in [6.07, 6.45) is 4.29. The van der Waals surface area contributed by atoms with E-state index in [-0.39, 0.29) is 0 Å². The monoisotopic (exact) mass is 434 g/mol. The van der Waals surface area contributed by atoms with Gasteiger partial charge in [-0.15, -0.1) is 0 Å². The van der Waals surface area contributed by atoms with Gasteiger partial charge in [-0.3, -0.25) is 0 Å². The van der Waals surface area contributed by atoms with E-state index >= 15 is 0 Å². The second kappa shape index (κ2) is 8.35. The standard InChI is InChI=1S/C24H20BrOP/c25-22-16-9-15-20(22)24(26)21-14-7-8-17-23(21)27(18-10-3-1-4-11-18)19-12-5-2-6-13-19/h1-14,16-17,24,26H,15H2/t24-/m1/s1. The predicted octanol–water partition coefficient (Wildman–Crippen LogP) is 5.09. The highest BCUT2D eigenvalue weighted by molar-refractivity contribution is 9.11. The minimum Gasteiger partial charge on any atom is -0.384 e. The van der Waals surface area contributed by atoms with Gasteiger partial charge in [0, 0.05) is 4.48 Å². The van der Waals surface area contributed by atoms with Gasteiger partial charge in [-0.25, -0.2) is 0 Å². The van der Waals surface area contributed by atoms with Gasteiger partial charge >= 0.3 is 0 Å². The minimum atomic E-state index is -0.746. The Kier molecular flexibility index (Phi) is 5.69. The molecule has 1 atom stereocenters. The molecule has 1 nitrogen and oxygen atoms in total. The minimum absolute atomic E-state index is 0.608. The van der Waals surface area contributed by atoms with Crippen molar-refractivity contribution in [2.24, 2.45) is 0 Å². The fourth-order valence-electron chi connectivity index (χ4n) is 3.43. The van der Waals surface area contributed by atoms with Crippen LogP contribution in [0.25, 0.3) is 0 Å². The first-order chi connectivity index (χ1) is 13.3. The van der Waals surface area contributed by atoms with E-state index in [0.717, 1.165) is 22.0 Å². The third kappa shape index (κ3) is 3.84. The molecular weight excluding hydrogens is 415 g/mol. The Morgan fingerprint density at radius 1 is 0.778 bits per heavy atom. The van der Waals surface area contributed by atoms with Crippen LogP contribution < -0.4 is 15.9 Å². The smallest absolute Gasteiger partial charge is 0.102 e. The Morgan fingerprint density at radius 2 is 1.33 bits per heavy atom. The van der Waals surface area contributed by atoms with Crippen LogP contribution in [0.1, 0.15) is 18.1 Å². The van der Waals surface area contributed by atoms with Gasteiger partial charge in [-0.1, -0.05) is 113 Å². The van der Waals surface area contributed by atoms with Crippen molar-refractivity contribution in [3.05, 3.63) is 113 Å². The number of rotatable bonds is 5. The number of allylic oxidation sites excluding steroid dienone is 3. The van der Waals surface area contributed by atoms with E-state index in [9.17, 15) is 5.11 Å². The van der Waals surface area contributed by atoms with Crippen LogP contribution in [0.15, 0.2) is 107 Å². The molecule has 3 aromatic rings. The summed E-state index contributed by atoms with van der Waals surface area (Å²) in [5.41, 5.74) is 2.02. The average Bonchev–Trinajstić information content (AvgIpc) is 3.16. The average molecular weight is 435 g/mol. The number of hydrogen-bond acceptors (Lipinski definition) is 1. The maximum Gasteiger partial charge on any atom is 0.102 e. The topological polar surface area (TPSA) is 20.2 Å². The molecule has 0 fully saturated rings. The lowest BCUT2D eigenvalue weighted by molar-refractivity contribution is 0.215. The Labute approximate surface area is 170 Å². The van der Waals surface area contributed by atoms with Crippen molar-refractivity contribution in [1.82, 2.24) is 0 Å². The molecule has 0 saturated carbocycles. The SMILES string of the molecule is O[C@H](C1=C(Br)C=CC1)c1ccccc1P(c1ccccc1)c1ccccc1. The summed E-state index contributed by atoms with van der Waals surface area (Å²) < 4.78 is 0.994. The Hall–Kier alpha value is -1.99. The van der Waals surface area contributed by atoms with Crippen molar-refractivity contribution >= 4 is 39.8 Å². The molecule has 3 aromatic carbocycles. The highest BCUT2D eigenvalue weighted by atomic mass is 79.9. The van der Waals surface area contributed by atoms with Gasteiger partial charge in [0.05, 0.1) is 0 Å². The van der Waals surface area contributed by atoms with Crippen molar-refractivity contribution in [3.8, 4) is 0 Å². The first kappa shape index (κ1) is 18.4. The van der Waals surface area contributed by atoms with Gasteiger partial charge in [0.15, 0.2) is 0 Å². The van der Waals surface area contributed by atoms with Crippen LogP contribution in [-0.4, -0.2) is 5.11 Å². The van der Waals surface area contributed by atoms with Crippen LogP contribution in [0.3, 0.4) is 0 Å². The summed E-state index contributed by atoms with van der Waals surface area (Å²) in [7, 11) is -0.746. The quantitative estimate of drug-likeness (QED) is 0.554. The first-order valence-corrected chi connectivity index (χ1v) is 11.1. The molecule has 0 spiro atoms. The summed E-state index contributed by atoms with van der Waals surface area (Å²) >= 11 is 3.59. The van der Waals surface area contributed by atoms with E-state index in [2.05, 4.69) is 101 Å². The number of aliphatic hydroxyl groups is 1. The highest BCUT2D eigenvalue weighted by Crippen LogP contribution is 2.39. The van der Waals surface area contributed by atoms with Gasteiger partial charge in [-0.2, -0.15) is 0 Å². The number of aliphatic hydroxyl groups excluding tert-OH is 1. The lowest BCUT2D eigenvalue weighted by Gasteiger charge is -2.25. The summed E-state index contributed by atoms with van der Waals surface area (Å²) in [5, 5.41) is 15.0. The maximum absolute atomic E-state index is 11.2. The van der Waals surface area contributed by atoms with Gasteiger partial charge < -0.3 is 5.11 Å². The van der Waals surface area contributed by atoms with E-state index in [0.29, 0.717) is 0 Å². The molecule has 0 heterocycles. The van der Waals surface area contributed by atoms with Gasteiger partial charge in [0.2, 0.25) is 0 Å². The molecule has 0 bridgehead atoms. The van der Waals surface area contributed by atoms with Crippen molar-refractivity contribution in [3.63, 3.8) is 0 Å². The lowest BCUT2D eigenvalue weighted by atomic mass is 10.0. The molecule has 0 unspecified atom stereocenters. The van der Waals surface area contributed by atoms with E-state index in [1.807, 2.05) is 12.1 Å². The molecule has 1 aliphatic carbocycles. The molecule has 0 saturated heterocycles. The summed E-state index contributed by atoms with van der Waals surface area (Å²) in [5.74, 6) is 0. The van der Waals surface area contributed by atoms with Gasteiger partial charge in [0.25, 0.3) is 0 Å². The van der Waals surface area contributed by atoms with Crippen molar-refractivity contribution in [1.29, 1.82) is 0 Å². The molecule has 27 heavy (non-hydrogen) atoms. The van der Waals surface area contributed by atoms with Crippen molar-refractivity contribution in [2.75, 3.05) is 0 Å². The third-order valence-corrected chi connectivity index (χ3v) is 8.03. The van der Waals surface area contributed by atoms with Crippen LogP contribution in [0.2, 0.25) is 0 Å². The van der Waals surface area contributed by atoms with E-state index < -0.39 is 14.0 Å². The molecular formula is C24H20BrOP. The van der Waals surface area contributed by atoms with E-state index in [1.165, 1.54) is 15.9 Å². The molecule has 4 rings (SSSR count). The largest absolute Gasteiger partial charge is 0.384 e. The highest BCUT2D eigenvalue weighted by Gasteiger charge is 2.25. The van der Waals surface area contributed by atoms with Crippen LogP contribution in [0.5, 0.6) is 0 Å². The normalized spacial score (nSPS) is 14.8. The summed E-state index contributed by atoms with van der Waals surface area (Å²) in [4.78, 5) is 0. The number of benzene rings is 3. The zero-order valence-corrected chi connectivity index (χ0v) is 17.3. The fraction of sp³-hybridized carbons (Fsp3) is 0.0833. The summed E-state index contributed by atoms with van der Waals surface area (Å²) in [6, 6.07) is 29.5. The van der Waals surface area contributed by atoms with E-state index in [1.54, 1.807) is 0 Å². The maximum atomic E-state index is 11.2. The molecule has 1 N–H and O–H groups in total. The van der Waals surface area contributed by atoms with Gasteiger partial charge in [-0.05, 0) is 41.4 Å².